The third-order valence-corrected chi connectivity index (χ3v) is 2.58. The molecule has 0 radical (unpaired) electrons. The fraction of sp³-hybridized carbons (Fsp3) is 0.385. The fourth-order valence-corrected chi connectivity index (χ4v) is 1.81. The Morgan fingerprint density at radius 3 is 1.94 bits per heavy atom. The lowest BCUT2D eigenvalue weighted by molar-refractivity contribution is 0.179. The van der Waals surface area contributed by atoms with Crippen molar-refractivity contribution in [2.24, 2.45) is 0 Å². The molecule has 0 spiro atoms. The largest absolute Gasteiger partial charge is 0.496 e. The Bertz CT molecular complexity index is 399. The smallest absolute Gasteiger partial charge is 0.125 e. The molecule has 0 aliphatic rings. The van der Waals surface area contributed by atoms with Crippen LogP contribution in [-0.4, -0.2) is 24.4 Å². The van der Waals surface area contributed by atoms with Crippen LogP contribution in [0.1, 0.15) is 30.3 Å². The summed E-state index contributed by atoms with van der Waals surface area (Å²) in [7, 11) is 3.02. The van der Waals surface area contributed by atoms with Gasteiger partial charge in [-0.1, -0.05) is 6.08 Å². The van der Waals surface area contributed by atoms with Crippen molar-refractivity contribution in [3.8, 4) is 11.5 Å². The predicted molar refractivity (Wildman–Crippen MR) is 65.3 cm³/mol. The molecule has 2 N–H and O–H groups in total. The van der Waals surface area contributed by atoms with Gasteiger partial charge in [-0.05, 0) is 19.1 Å². The van der Waals surface area contributed by atoms with Crippen LogP contribution in [-0.2, 0) is 0 Å². The van der Waals surface area contributed by atoms with Gasteiger partial charge in [0.2, 0.25) is 0 Å². The maximum Gasteiger partial charge on any atom is 0.125 e. The zero-order valence-corrected chi connectivity index (χ0v) is 10.3. The van der Waals surface area contributed by atoms with E-state index in [1.54, 1.807) is 19.1 Å². The Balaban J connectivity index is 3.51. The highest BCUT2D eigenvalue weighted by Gasteiger charge is 2.22. The Morgan fingerprint density at radius 2 is 1.59 bits per heavy atom. The van der Waals surface area contributed by atoms with E-state index in [4.69, 9.17) is 9.47 Å². The van der Waals surface area contributed by atoms with Gasteiger partial charge in [0.1, 0.15) is 17.6 Å². The van der Waals surface area contributed by atoms with Gasteiger partial charge >= 0.3 is 0 Å². The number of hydrogen-bond acceptors (Lipinski definition) is 4. The van der Waals surface area contributed by atoms with Crippen LogP contribution < -0.4 is 9.47 Å². The summed E-state index contributed by atoms with van der Waals surface area (Å²) in [4.78, 5) is 0. The molecule has 1 rings (SSSR count). The number of rotatable bonds is 5. The van der Waals surface area contributed by atoms with Crippen LogP contribution in [0, 0.1) is 0 Å². The van der Waals surface area contributed by atoms with Crippen molar-refractivity contribution < 1.29 is 19.7 Å². The molecule has 0 aromatic heterocycles. The van der Waals surface area contributed by atoms with Crippen LogP contribution in [0.5, 0.6) is 11.5 Å². The summed E-state index contributed by atoms with van der Waals surface area (Å²) < 4.78 is 10.4. The summed E-state index contributed by atoms with van der Waals surface area (Å²) >= 11 is 0. The highest BCUT2D eigenvalue weighted by molar-refractivity contribution is 5.51. The van der Waals surface area contributed by atoms with Crippen molar-refractivity contribution in [2.45, 2.75) is 19.1 Å². The van der Waals surface area contributed by atoms with Crippen molar-refractivity contribution >= 4 is 0 Å². The predicted octanol–water partition coefficient (Wildman–Crippen LogP) is 1.98. The summed E-state index contributed by atoms with van der Waals surface area (Å²) in [6, 6.07) is 3.38. The van der Waals surface area contributed by atoms with Crippen molar-refractivity contribution in [1.29, 1.82) is 0 Å². The molecule has 4 heteroatoms. The third kappa shape index (κ3) is 2.60. The van der Waals surface area contributed by atoms with Gasteiger partial charge in [0.25, 0.3) is 0 Å². The summed E-state index contributed by atoms with van der Waals surface area (Å²) in [5.41, 5.74) is 0.996. The average Bonchev–Trinajstić information content (AvgIpc) is 2.35. The lowest BCUT2D eigenvalue weighted by Crippen LogP contribution is -2.07. The second-order valence-electron chi connectivity index (χ2n) is 3.65. The summed E-state index contributed by atoms with van der Waals surface area (Å²) in [6.45, 7) is 5.15. The highest BCUT2D eigenvalue weighted by atomic mass is 16.5. The second kappa shape index (κ2) is 5.70. The quantitative estimate of drug-likeness (QED) is 0.770. The highest BCUT2D eigenvalue weighted by Crippen LogP contribution is 2.38. The maximum absolute atomic E-state index is 9.93. The third-order valence-electron chi connectivity index (χ3n) is 2.58. The molecule has 1 aromatic rings. The summed E-state index contributed by atoms with van der Waals surface area (Å²) in [5.74, 6) is 1.01. The van der Waals surface area contributed by atoms with Crippen LogP contribution in [0.3, 0.4) is 0 Å². The first-order chi connectivity index (χ1) is 8.06. The van der Waals surface area contributed by atoms with E-state index in [0.29, 0.717) is 22.6 Å². The Labute approximate surface area is 101 Å². The van der Waals surface area contributed by atoms with E-state index in [1.165, 1.54) is 20.3 Å². The molecule has 2 atom stereocenters. The van der Waals surface area contributed by atoms with Crippen LogP contribution >= 0.6 is 0 Å². The molecule has 4 nitrogen and oxygen atoms in total. The molecule has 0 heterocycles. The van der Waals surface area contributed by atoms with Gasteiger partial charge in [-0.15, -0.1) is 6.58 Å². The monoisotopic (exact) mass is 238 g/mol. The minimum absolute atomic E-state index is 0.483. The number of aliphatic hydroxyl groups is 2. The maximum atomic E-state index is 9.93. The van der Waals surface area contributed by atoms with Crippen molar-refractivity contribution in [3.63, 3.8) is 0 Å². The van der Waals surface area contributed by atoms with Crippen LogP contribution in [0.2, 0.25) is 0 Å². The molecular weight excluding hydrogens is 220 g/mol. The zero-order chi connectivity index (χ0) is 13.0. The lowest BCUT2D eigenvalue weighted by atomic mass is 9.96. The first kappa shape index (κ1) is 13.5. The Morgan fingerprint density at radius 1 is 1.12 bits per heavy atom. The Kier molecular flexibility index (Phi) is 4.54. The second-order valence-corrected chi connectivity index (χ2v) is 3.65. The zero-order valence-electron chi connectivity index (χ0n) is 10.3. The van der Waals surface area contributed by atoms with Crippen molar-refractivity contribution in [3.05, 3.63) is 35.9 Å². The number of hydrogen-bond donors (Lipinski definition) is 2. The topological polar surface area (TPSA) is 58.9 Å². The van der Waals surface area contributed by atoms with Gasteiger partial charge in [-0.2, -0.15) is 0 Å². The average molecular weight is 238 g/mol. The van der Waals surface area contributed by atoms with Gasteiger partial charge in [-0.3, -0.25) is 0 Å². The van der Waals surface area contributed by atoms with E-state index >= 15 is 0 Å². The van der Waals surface area contributed by atoms with E-state index in [0.717, 1.165) is 0 Å². The van der Waals surface area contributed by atoms with Gasteiger partial charge in [0.05, 0.1) is 20.3 Å². The van der Waals surface area contributed by atoms with E-state index in [9.17, 15) is 10.2 Å². The molecule has 0 aliphatic heterocycles. The first-order valence-electron chi connectivity index (χ1n) is 5.30. The van der Waals surface area contributed by atoms with E-state index in [2.05, 4.69) is 6.58 Å². The van der Waals surface area contributed by atoms with Crippen LogP contribution in [0.15, 0.2) is 24.8 Å². The minimum Gasteiger partial charge on any atom is -0.496 e. The van der Waals surface area contributed by atoms with Gasteiger partial charge in [-0.25, -0.2) is 0 Å². The lowest BCUT2D eigenvalue weighted by Gasteiger charge is -2.21. The van der Waals surface area contributed by atoms with E-state index < -0.39 is 12.2 Å². The molecule has 0 unspecified atom stereocenters. The van der Waals surface area contributed by atoms with E-state index in [-0.39, 0.29) is 0 Å². The summed E-state index contributed by atoms with van der Waals surface area (Å²) in [6.07, 6.45) is -0.308. The number of ether oxygens (including phenoxy) is 2. The molecule has 0 aliphatic carbocycles. The minimum atomic E-state index is -0.912. The van der Waals surface area contributed by atoms with Gasteiger partial charge in [0, 0.05) is 11.1 Å². The standard InChI is InChI=1S/C13H18O4/c1-5-9(15)13-11(17-4)7-6-10(16-3)12(13)8(2)14/h5-9,14-15H,1H2,2-4H3/t8-,9+/m1/s1. The first-order valence-corrected chi connectivity index (χ1v) is 5.30. The number of benzene rings is 1. The van der Waals surface area contributed by atoms with Crippen LogP contribution in [0.4, 0.5) is 0 Å². The normalized spacial score (nSPS) is 13.9. The molecule has 1 aromatic carbocycles. The molecule has 0 bridgehead atoms. The van der Waals surface area contributed by atoms with Gasteiger partial charge < -0.3 is 19.7 Å². The number of methoxy groups -OCH3 is 2. The SMILES string of the molecule is C=C[C@H](O)c1c(OC)ccc(OC)c1[C@@H](C)O. The molecular formula is C13H18O4. The summed E-state index contributed by atoms with van der Waals surface area (Å²) in [5, 5.41) is 19.7. The molecule has 0 saturated carbocycles. The van der Waals surface area contributed by atoms with Crippen molar-refractivity contribution in [2.75, 3.05) is 14.2 Å². The van der Waals surface area contributed by atoms with E-state index in [1.807, 2.05) is 0 Å². The number of aliphatic hydroxyl groups excluding tert-OH is 2. The fourth-order valence-electron chi connectivity index (χ4n) is 1.81. The van der Waals surface area contributed by atoms with Crippen LogP contribution in [0.25, 0.3) is 0 Å². The molecule has 0 fully saturated rings. The molecule has 17 heavy (non-hydrogen) atoms. The molecule has 94 valence electrons. The van der Waals surface area contributed by atoms with Crippen molar-refractivity contribution in [1.82, 2.24) is 0 Å². The Hall–Kier alpha value is -1.52. The molecule has 0 amide bonds. The molecule has 0 saturated heterocycles. The van der Waals surface area contributed by atoms with Gasteiger partial charge in [0.15, 0.2) is 0 Å².